The van der Waals surface area contributed by atoms with Crippen LogP contribution in [0, 0.1) is 11.2 Å². The summed E-state index contributed by atoms with van der Waals surface area (Å²) in [5.41, 5.74) is 0.964. The Labute approximate surface area is 101 Å². The van der Waals surface area contributed by atoms with Crippen LogP contribution in [0.25, 0.3) is 0 Å². The lowest BCUT2D eigenvalue weighted by Crippen LogP contribution is -2.11. The molecule has 0 aromatic heterocycles. The van der Waals surface area contributed by atoms with Gasteiger partial charge in [0.25, 0.3) is 0 Å². The van der Waals surface area contributed by atoms with E-state index in [-0.39, 0.29) is 17.1 Å². The Bertz CT molecular complexity index is 465. The Morgan fingerprint density at radius 3 is 2.69 bits per heavy atom. The fraction of sp³-hybridized carbons (Fsp3) is 0.300. The maximum atomic E-state index is 14.1. The number of ether oxygens (including phenoxy) is 2. The minimum atomic E-state index is -0.552. The molecule has 0 amide bonds. The van der Waals surface area contributed by atoms with Gasteiger partial charge in [0, 0.05) is 0 Å². The molecule has 6 heteroatoms. The molecule has 0 saturated carbocycles. The molecule has 86 valence electrons. The predicted molar refractivity (Wildman–Crippen MR) is 60.8 cm³/mol. The average molecular weight is 289 g/mol. The van der Waals surface area contributed by atoms with E-state index in [2.05, 4.69) is 16.1 Å². The normalized spacial score (nSPS) is 14.0. The zero-order valence-electron chi connectivity index (χ0n) is 8.80. The van der Waals surface area contributed by atoms with Crippen LogP contribution < -0.4 is 9.47 Å². The van der Waals surface area contributed by atoms with Crippen molar-refractivity contribution in [1.82, 2.24) is 3.93 Å². The van der Waals surface area contributed by atoms with Crippen LogP contribution in [0.2, 0.25) is 0 Å². The number of nitrogens with zero attached hydrogens (tertiary/aromatic N) is 1. The Balaban J connectivity index is 2.66. The van der Waals surface area contributed by atoms with E-state index in [1.165, 1.54) is 18.1 Å². The largest absolute Gasteiger partial charge is 0.493 e. The molecule has 0 atom stereocenters. The zero-order chi connectivity index (χ0) is 11.9. The molecule has 1 aromatic rings. The van der Waals surface area contributed by atoms with Crippen molar-refractivity contribution in [2.75, 3.05) is 14.2 Å². The second-order valence-corrected chi connectivity index (χ2v) is 4.19. The summed E-state index contributed by atoms with van der Waals surface area (Å²) in [7, 11) is 2.83. The van der Waals surface area contributed by atoms with Crippen molar-refractivity contribution < 1.29 is 13.9 Å². The third-order valence-electron chi connectivity index (χ3n) is 2.48. The van der Waals surface area contributed by atoms with Crippen molar-refractivity contribution in [2.45, 2.75) is 6.54 Å². The topological polar surface area (TPSA) is 45.6 Å². The van der Waals surface area contributed by atoms with E-state index in [1.807, 2.05) is 0 Å². The molecule has 0 saturated heterocycles. The highest BCUT2D eigenvalue weighted by molar-refractivity contribution is 9.07. The van der Waals surface area contributed by atoms with E-state index in [0.29, 0.717) is 17.9 Å². The number of nitrogens with one attached hydrogen (secondary N) is 1. The van der Waals surface area contributed by atoms with Gasteiger partial charge in [0.2, 0.25) is 0 Å². The zero-order valence-corrected chi connectivity index (χ0v) is 10.4. The van der Waals surface area contributed by atoms with E-state index in [9.17, 15) is 4.39 Å². The molecule has 1 N–H and O–H groups in total. The monoisotopic (exact) mass is 288 g/mol. The maximum Gasteiger partial charge on any atom is 0.197 e. The molecule has 0 aliphatic carbocycles. The van der Waals surface area contributed by atoms with Crippen molar-refractivity contribution in [2.24, 2.45) is 0 Å². The molecule has 0 spiro atoms. The summed E-state index contributed by atoms with van der Waals surface area (Å²) in [6.45, 7) is 0.436. The Hall–Kier alpha value is -1.30. The first-order chi connectivity index (χ1) is 7.60. The van der Waals surface area contributed by atoms with Crippen LogP contribution in [0.3, 0.4) is 0 Å². The van der Waals surface area contributed by atoms with Gasteiger partial charge < -0.3 is 9.47 Å². The first-order valence-corrected chi connectivity index (χ1v) is 5.26. The predicted octanol–water partition coefficient (Wildman–Crippen LogP) is 2.29. The van der Waals surface area contributed by atoms with Gasteiger partial charge >= 0.3 is 0 Å². The molecule has 2 rings (SSSR count). The van der Waals surface area contributed by atoms with Gasteiger partial charge in [-0.25, -0.2) is 4.39 Å². The summed E-state index contributed by atoms with van der Waals surface area (Å²) in [6, 6.07) is 1.69. The molecule has 4 nitrogen and oxygen atoms in total. The lowest BCUT2D eigenvalue weighted by atomic mass is 10.1. The molecule has 1 aromatic carbocycles. The van der Waals surface area contributed by atoms with Gasteiger partial charge in [-0.15, -0.1) is 0 Å². The molecule has 0 unspecified atom stereocenters. The second-order valence-electron chi connectivity index (χ2n) is 3.33. The number of amidine groups is 1. The third-order valence-corrected chi connectivity index (χ3v) is 3.09. The highest BCUT2D eigenvalue weighted by Crippen LogP contribution is 2.38. The van der Waals surface area contributed by atoms with Crippen molar-refractivity contribution in [3.8, 4) is 11.5 Å². The van der Waals surface area contributed by atoms with Crippen molar-refractivity contribution in [1.29, 1.82) is 5.41 Å². The molecule has 0 radical (unpaired) electrons. The third kappa shape index (κ3) is 1.44. The van der Waals surface area contributed by atoms with Crippen LogP contribution in [-0.2, 0) is 6.54 Å². The smallest absolute Gasteiger partial charge is 0.197 e. The van der Waals surface area contributed by atoms with Gasteiger partial charge in [-0.1, -0.05) is 0 Å². The maximum absolute atomic E-state index is 14.1. The van der Waals surface area contributed by atoms with Crippen LogP contribution in [0.15, 0.2) is 6.07 Å². The van der Waals surface area contributed by atoms with E-state index in [0.717, 1.165) is 0 Å². The van der Waals surface area contributed by atoms with Crippen molar-refractivity contribution in [3.63, 3.8) is 0 Å². The molecule has 16 heavy (non-hydrogen) atoms. The highest BCUT2D eigenvalue weighted by atomic mass is 79.9. The van der Waals surface area contributed by atoms with Gasteiger partial charge in [-0.3, -0.25) is 9.34 Å². The second kappa shape index (κ2) is 3.93. The fourth-order valence-electron chi connectivity index (χ4n) is 1.73. The molecule has 0 fully saturated rings. The quantitative estimate of drug-likeness (QED) is 0.850. The summed E-state index contributed by atoms with van der Waals surface area (Å²) in [5, 5.41) is 7.72. The summed E-state index contributed by atoms with van der Waals surface area (Å²) in [5.74, 6) is -0.0830. The molecular weight excluding hydrogens is 279 g/mol. The van der Waals surface area contributed by atoms with Gasteiger partial charge in [-0.2, -0.15) is 0 Å². The van der Waals surface area contributed by atoms with Crippen LogP contribution in [0.5, 0.6) is 11.5 Å². The summed E-state index contributed by atoms with van der Waals surface area (Å²) >= 11 is 3.17. The Morgan fingerprint density at radius 1 is 1.44 bits per heavy atom. The average Bonchev–Trinajstić information content (AvgIpc) is 2.54. The molecule has 0 bridgehead atoms. The van der Waals surface area contributed by atoms with Crippen molar-refractivity contribution in [3.05, 3.63) is 23.0 Å². The van der Waals surface area contributed by atoms with Gasteiger partial charge in [0.1, 0.15) is 5.84 Å². The lowest BCUT2D eigenvalue weighted by Gasteiger charge is -2.11. The number of rotatable bonds is 2. The number of hydrogen-bond donors (Lipinski definition) is 1. The Kier molecular flexibility index (Phi) is 2.75. The van der Waals surface area contributed by atoms with Crippen molar-refractivity contribution >= 4 is 22.0 Å². The fourth-order valence-corrected chi connectivity index (χ4v) is 2.18. The molecule has 1 aliphatic rings. The number of benzene rings is 1. The SMILES string of the molecule is COc1cc2c(c(F)c1OC)C(=N)N(Br)C2. The first kappa shape index (κ1) is 11.2. The Morgan fingerprint density at radius 2 is 2.12 bits per heavy atom. The van der Waals surface area contributed by atoms with E-state index in [1.54, 1.807) is 6.07 Å². The van der Waals surface area contributed by atoms with Crippen LogP contribution in [-0.4, -0.2) is 24.0 Å². The summed E-state index contributed by atoms with van der Waals surface area (Å²) in [4.78, 5) is 0. The minimum absolute atomic E-state index is 0.0359. The van der Waals surface area contributed by atoms with E-state index < -0.39 is 5.82 Å². The molecule has 1 aliphatic heterocycles. The van der Waals surface area contributed by atoms with Gasteiger partial charge in [0.15, 0.2) is 17.3 Å². The lowest BCUT2D eigenvalue weighted by molar-refractivity contribution is 0.337. The molecule has 1 heterocycles. The van der Waals surface area contributed by atoms with E-state index in [4.69, 9.17) is 14.9 Å². The van der Waals surface area contributed by atoms with Gasteiger partial charge in [0.05, 0.1) is 42.5 Å². The van der Waals surface area contributed by atoms with Gasteiger partial charge in [-0.05, 0) is 11.6 Å². The van der Waals surface area contributed by atoms with Crippen LogP contribution >= 0.6 is 16.1 Å². The first-order valence-electron chi connectivity index (χ1n) is 4.55. The molecular formula is C10H10BrFN2O2. The standard InChI is InChI=1S/C10H10BrFN2O2/c1-15-6-3-5-4-14(11)10(13)7(5)8(12)9(6)16-2/h3,13H,4H2,1-2H3. The van der Waals surface area contributed by atoms with E-state index >= 15 is 0 Å². The van der Waals surface area contributed by atoms with Crippen LogP contribution in [0.1, 0.15) is 11.1 Å². The number of hydrogen-bond acceptors (Lipinski definition) is 3. The number of fused-ring (bicyclic) bond motifs is 1. The summed E-state index contributed by atoms with van der Waals surface area (Å²) in [6.07, 6.45) is 0. The number of halogens is 2. The minimum Gasteiger partial charge on any atom is -0.493 e. The summed E-state index contributed by atoms with van der Waals surface area (Å²) < 4.78 is 25.5. The highest BCUT2D eigenvalue weighted by Gasteiger charge is 2.30. The van der Waals surface area contributed by atoms with Crippen LogP contribution in [0.4, 0.5) is 4.39 Å². The number of methoxy groups -OCH3 is 2.